The molecular formula is C13H12BrClN2O3S2. The SMILES string of the molecule is CNS(=O)(=O)c1ccc(Cl)c(C(=O)NCc2ccc(Br)s2)c1. The van der Waals surface area contributed by atoms with Crippen LogP contribution in [0.2, 0.25) is 5.02 Å². The number of halogens is 2. The topological polar surface area (TPSA) is 75.3 Å². The van der Waals surface area contributed by atoms with Crippen molar-refractivity contribution >= 4 is 54.8 Å². The van der Waals surface area contributed by atoms with Crippen LogP contribution < -0.4 is 10.0 Å². The summed E-state index contributed by atoms with van der Waals surface area (Å²) in [6, 6.07) is 7.77. The van der Waals surface area contributed by atoms with E-state index in [2.05, 4.69) is 26.0 Å². The second kappa shape index (κ2) is 7.10. The van der Waals surface area contributed by atoms with Gasteiger partial charge in [0.1, 0.15) is 0 Å². The zero-order chi connectivity index (χ0) is 16.3. The molecule has 0 atom stereocenters. The fourth-order valence-corrected chi connectivity index (χ4v) is 4.05. The van der Waals surface area contributed by atoms with Crippen LogP contribution in [0.3, 0.4) is 0 Å². The van der Waals surface area contributed by atoms with Crippen molar-refractivity contribution in [1.82, 2.24) is 10.0 Å². The van der Waals surface area contributed by atoms with E-state index >= 15 is 0 Å². The highest BCUT2D eigenvalue weighted by molar-refractivity contribution is 9.11. The molecule has 0 aliphatic heterocycles. The lowest BCUT2D eigenvalue weighted by Crippen LogP contribution is -2.24. The van der Waals surface area contributed by atoms with Crippen LogP contribution in [0.5, 0.6) is 0 Å². The molecule has 0 spiro atoms. The number of thiophene rings is 1. The molecule has 2 rings (SSSR count). The van der Waals surface area contributed by atoms with Crippen LogP contribution >= 0.6 is 38.9 Å². The van der Waals surface area contributed by atoms with Crippen LogP contribution in [0.1, 0.15) is 15.2 Å². The molecule has 1 amide bonds. The van der Waals surface area contributed by atoms with Crippen molar-refractivity contribution in [3.63, 3.8) is 0 Å². The molecule has 1 aromatic heterocycles. The number of amides is 1. The number of hydrogen-bond acceptors (Lipinski definition) is 4. The van der Waals surface area contributed by atoms with Crippen molar-refractivity contribution in [2.45, 2.75) is 11.4 Å². The van der Waals surface area contributed by atoms with Crippen molar-refractivity contribution in [3.05, 3.63) is 49.6 Å². The third kappa shape index (κ3) is 4.08. The maximum absolute atomic E-state index is 12.2. The van der Waals surface area contributed by atoms with Crippen LogP contribution in [0, 0.1) is 0 Å². The Balaban J connectivity index is 2.20. The first-order chi connectivity index (χ1) is 10.3. The third-order valence-corrected chi connectivity index (χ3v) is 6.18. The minimum atomic E-state index is -3.63. The van der Waals surface area contributed by atoms with Crippen molar-refractivity contribution in [2.24, 2.45) is 0 Å². The molecule has 2 N–H and O–H groups in total. The molecule has 0 fully saturated rings. The summed E-state index contributed by atoms with van der Waals surface area (Å²) in [5.74, 6) is -0.428. The first-order valence-corrected chi connectivity index (χ1v) is 9.56. The van der Waals surface area contributed by atoms with Gasteiger partial charge in [0.25, 0.3) is 5.91 Å². The van der Waals surface area contributed by atoms with Gasteiger partial charge in [-0.1, -0.05) is 11.6 Å². The lowest BCUT2D eigenvalue weighted by atomic mass is 10.2. The Morgan fingerprint density at radius 1 is 1.32 bits per heavy atom. The first kappa shape index (κ1) is 17.4. The number of carbonyl (C=O) groups is 1. The molecule has 22 heavy (non-hydrogen) atoms. The monoisotopic (exact) mass is 422 g/mol. The standard InChI is InChI=1S/C13H12BrClN2O3S2/c1-16-22(19,20)9-3-4-11(15)10(6-9)13(18)17-7-8-2-5-12(14)21-8/h2-6,16H,7H2,1H3,(H,17,18). The maximum atomic E-state index is 12.2. The first-order valence-electron chi connectivity index (χ1n) is 6.09. The van der Waals surface area contributed by atoms with E-state index in [0.29, 0.717) is 6.54 Å². The fourth-order valence-electron chi connectivity index (χ4n) is 1.67. The summed E-state index contributed by atoms with van der Waals surface area (Å²) in [5, 5.41) is 2.91. The average Bonchev–Trinajstić information content (AvgIpc) is 2.90. The number of sulfonamides is 1. The predicted molar refractivity (Wildman–Crippen MR) is 90.9 cm³/mol. The largest absolute Gasteiger partial charge is 0.347 e. The van der Waals surface area contributed by atoms with Gasteiger partial charge in [0, 0.05) is 4.88 Å². The van der Waals surface area contributed by atoms with Gasteiger partial charge in [-0.3, -0.25) is 4.79 Å². The minimum absolute atomic E-state index is 0.0107. The normalized spacial score (nSPS) is 11.4. The molecule has 0 radical (unpaired) electrons. The van der Waals surface area contributed by atoms with Gasteiger partial charge in [-0.05, 0) is 53.3 Å². The third-order valence-electron chi connectivity index (χ3n) is 2.81. The Kier molecular flexibility index (Phi) is 5.62. The van der Waals surface area contributed by atoms with E-state index in [0.717, 1.165) is 8.66 Å². The van der Waals surface area contributed by atoms with Crippen LogP contribution in [0.15, 0.2) is 39.0 Å². The molecule has 2 aromatic rings. The van der Waals surface area contributed by atoms with Crippen LogP contribution in [0.25, 0.3) is 0 Å². The summed E-state index contributed by atoms with van der Waals surface area (Å²) >= 11 is 10.8. The van der Waals surface area contributed by atoms with Gasteiger partial charge in [0.05, 0.1) is 25.8 Å². The molecule has 0 saturated heterocycles. The quantitative estimate of drug-likeness (QED) is 0.776. The summed E-state index contributed by atoms with van der Waals surface area (Å²) in [6.07, 6.45) is 0. The van der Waals surface area contributed by atoms with E-state index in [1.165, 1.54) is 36.6 Å². The molecule has 1 aromatic carbocycles. The van der Waals surface area contributed by atoms with E-state index in [4.69, 9.17) is 11.6 Å². The Hall–Kier alpha value is -0.930. The van der Waals surface area contributed by atoms with Crippen LogP contribution in [-0.2, 0) is 16.6 Å². The molecule has 0 aliphatic rings. The Bertz CT molecular complexity index is 805. The molecule has 5 nitrogen and oxygen atoms in total. The van der Waals surface area contributed by atoms with Crippen LogP contribution in [0.4, 0.5) is 0 Å². The van der Waals surface area contributed by atoms with E-state index in [1.807, 2.05) is 12.1 Å². The minimum Gasteiger partial charge on any atom is -0.347 e. The highest BCUT2D eigenvalue weighted by atomic mass is 79.9. The summed E-state index contributed by atoms with van der Waals surface area (Å²) in [6.45, 7) is 0.342. The van der Waals surface area contributed by atoms with Crippen LogP contribution in [-0.4, -0.2) is 21.4 Å². The lowest BCUT2D eigenvalue weighted by Gasteiger charge is -2.08. The highest BCUT2D eigenvalue weighted by Gasteiger charge is 2.17. The maximum Gasteiger partial charge on any atom is 0.253 e. The zero-order valence-electron chi connectivity index (χ0n) is 11.4. The van der Waals surface area contributed by atoms with Gasteiger partial charge in [-0.2, -0.15) is 0 Å². The van der Waals surface area contributed by atoms with E-state index in [9.17, 15) is 13.2 Å². The predicted octanol–water partition coefficient (Wildman–Crippen LogP) is 3.00. The van der Waals surface area contributed by atoms with Crippen molar-refractivity contribution in [3.8, 4) is 0 Å². The Labute approximate surface area is 145 Å². The summed E-state index contributed by atoms with van der Waals surface area (Å²) in [5.41, 5.74) is 0.119. The molecule has 0 unspecified atom stereocenters. The van der Waals surface area contributed by atoms with Gasteiger partial charge in [0.15, 0.2) is 0 Å². The smallest absolute Gasteiger partial charge is 0.253 e. The number of rotatable bonds is 5. The van der Waals surface area contributed by atoms with Crippen molar-refractivity contribution < 1.29 is 13.2 Å². The molecule has 0 saturated carbocycles. The van der Waals surface area contributed by atoms with Gasteiger partial charge < -0.3 is 5.32 Å². The molecule has 0 bridgehead atoms. The lowest BCUT2D eigenvalue weighted by molar-refractivity contribution is 0.0951. The van der Waals surface area contributed by atoms with E-state index in [1.54, 1.807) is 0 Å². The fraction of sp³-hybridized carbons (Fsp3) is 0.154. The highest BCUT2D eigenvalue weighted by Crippen LogP contribution is 2.23. The summed E-state index contributed by atoms with van der Waals surface area (Å²) < 4.78 is 26.7. The van der Waals surface area contributed by atoms with Crippen molar-refractivity contribution in [1.29, 1.82) is 0 Å². The average molecular weight is 424 g/mol. The zero-order valence-corrected chi connectivity index (χ0v) is 15.4. The Morgan fingerprint density at radius 3 is 2.64 bits per heavy atom. The van der Waals surface area contributed by atoms with E-state index < -0.39 is 15.9 Å². The van der Waals surface area contributed by atoms with Crippen molar-refractivity contribution in [2.75, 3.05) is 7.05 Å². The summed E-state index contributed by atoms with van der Waals surface area (Å²) in [7, 11) is -2.32. The molecule has 9 heteroatoms. The second-order valence-electron chi connectivity index (χ2n) is 4.24. The molecule has 1 heterocycles. The molecule has 0 aliphatic carbocycles. The van der Waals surface area contributed by atoms with Gasteiger partial charge >= 0.3 is 0 Å². The molecular weight excluding hydrogens is 412 g/mol. The number of nitrogens with one attached hydrogen (secondary N) is 2. The Morgan fingerprint density at radius 2 is 2.05 bits per heavy atom. The number of hydrogen-bond donors (Lipinski definition) is 2. The van der Waals surface area contributed by atoms with Gasteiger partial charge in [-0.25, -0.2) is 13.1 Å². The van der Waals surface area contributed by atoms with Gasteiger partial charge in [0.2, 0.25) is 10.0 Å². The number of benzene rings is 1. The second-order valence-corrected chi connectivity index (χ2v) is 9.08. The molecule has 118 valence electrons. The summed E-state index contributed by atoms with van der Waals surface area (Å²) in [4.78, 5) is 13.2. The van der Waals surface area contributed by atoms with Gasteiger partial charge in [-0.15, -0.1) is 11.3 Å². The van der Waals surface area contributed by atoms with E-state index in [-0.39, 0.29) is 15.5 Å². The number of carbonyl (C=O) groups excluding carboxylic acids is 1.